The minimum absolute atomic E-state index is 0.0177. The maximum absolute atomic E-state index is 12.1. The summed E-state index contributed by atoms with van der Waals surface area (Å²) in [7, 11) is 2.04. The van der Waals surface area contributed by atoms with Crippen LogP contribution in [0.5, 0.6) is 0 Å². The van der Waals surface area contributed by atoms with Gasteiger partial charge in [0.2, 0.25) is 5.91 Å². The van der Waals surface area contributed by atoms with Crippen LogP contribution in [0.2, 0.25) is 0 Å². The largest absolute Gasteiger partial charge is 0.378 e. The van der Waals surface area contributed by atoms with Gasteiger partial charge in [0.1, 0.15) is 5.82 Å². The van der Waals surface area contributed by atoms with E-state index in [2.05, 4.69) is 39.2 Å². The highest BCUT2D eigenvalue weighted by atomic mass is 16.5. The Hall–Kier alpha value is -3.45. The van der Waals surface area contributed by atoms with Crippen molar-refractivity contribution < 1.29 is 9.53 Å². The van der Waals surface area contributed by atoms with Gasteiger partial charge in [-0.2, -0.15) is 0 Å². The number of nitrogens with one attached hydrogen (secondary N) is 1. The highest BCUT2D eigenvalue weighted by molar-refractivity contribution is 6.08. The van der Waals surface area contributed by atoms with E-state index in [0.29, 0.717) is 25.5 Å². The topological polar surface area (TPSA) is 72.3 Å². The molecule has 1 N–H and O–H groups in total. The van der Waals surface area contributed by atoms with Crippen molar-refractivity contribution in [1.29, 1.82) is 0 Å². The number of anilines is 2. The summed E-state index contributed by atoms with van der Waals surface area (Å²) in [6, 6.07) is 14.1. The molecule has 2 aromatic heterocycles. The van der Waals surface area contributed by atoms with E-state index >= 15 is 0 Å². The summed E-state index contributed by atoms with van der Waals surface area (Å²) in [6.45, 7) is 4.97. The molecule has 7 nitrogen and oxygen atoms in total. The zero-order chi connectivity index (χ0) is 22.1. The Morgan fingerprint density at radius 3 is 2.75 bits per heavy atom. The van der Waals surface area contributed by atoms with Gasteiger partial charge in [0.05, 0.1) is 18.7 Å². The number of morpholine rings is 1. The Morgan fingerprint density at radius 1 is 1.09 bits per heavy atom. The van der Waals surface area contributed by atoms with Crippen LogP contribution >= 0.6 is 0 Å². The van der Waals surface area contributed by atoms with Gasteiger partial charge in [-0.3, -0.25) is 4.79 Å². The Morgan fingerprint density at radius 2 is 1.94 bits per heavy atom. The first-order valence-electron chi connectivity index (χ1n) is 11.1. The Labute approximate surface area is 187 Å². The van der Waals surface area contributed by atoms with Crippen molar-refractivity contribution in [3.63, 3.8) is 0 Å². The number of carbonyl (C=O) groups is 1. The van der Waals surface area contributed by atoms with E-state index in [9.17, 15) is 4.79 Å². The van der Waals surface area contributed by atoms with Crippen LogP contribution in [0.15, 0.2) is 48.7 Å². The molecule has 164 valence electrons. The summed E-state index contributed by atoms with van der Waals surface area (Å²) in [4.78, 5) is 24.4. The van der Waals surface area contributed by atoms with Crippen LogP contribution in [0.25, 0.3) is 33.2 Å². The number of hydrogen-bond acceptors (Lipinski definition) is 5. The number of nitrogens with zero attached hydrogens (tertiary/aromatic N) is 4. The van der Waals surface area contributed by atoms with Crippen LogP contribution in [-0.2, 0) is 16.6 Å². The van der Waals surface area contributed by atoms with Crippen LogP contribution in [-0.4, -0.2) is 46.7 Å². The number of carbonyl (C=O) groups excluding carboxylic acids is 1. The maximum Gasteiger partial charge on any atom is 0.224 e. The molecule has 0 atom stereocenters. The molecule has 0 aliphatic carbocycles. The van der Waals surface area contributed by atoms with Gasteiger partial charge in [-0.1, -0.05) is 19.1 Å². The third kappa shape index (κ3) is 3.80. The lowest BCUT2D eigenvalue weighted by Crippen LogP contribution is -2.37. The normalized spacial score (nSPS) is 14.2. The lowest BCUT2D eigenvalue weighted by molar-refractivity contribution is -0.116. The molecule has 4 aromatic rings. The molecule has 0 bridgehead atoms. The molecule has 1 amide bonds. The van der Waals surface area contributed by atoms with Gasteiger partial charge in [0.25, 0.3) is 0 Å². The number of amides is 1. The molecule has 0 radical (unpaired) electrons. The first kappa shape index (κ1) is 20.5. The van der Waals surface area contributed by atoms with Gasteiger partial charge in [-0.05, 0) is 36.8 Å². The average molecular weight is 430 g/mol. The van der Waals surface area contributed by atoms with Gasteiger partial charge in [-0.15, -0.1) is 0 Å². The summed E-state index contributed by atoms with van der Waals surface area (Å²) in [5.74, 6) is 1.60. The predicted molar refractivity (Wildman–Crippen MR) is 128 cm³/mol. The van der Waals surface area contributed by atoms with Gasteiger partial charge < -0.3 is 19.5 Å². The molecule has 1 fully saturated rings. The highest BCUT2D eigenvalue weighted by Crippen LogP contribution is 2.33. The Balaban J connectivity index is 1.66. The van der Waals surface area contributed by atoms with E-state index in [0.717, 1.165) is 58.4 Å². The molecule has 0 saturated carbocycles. The fourth-order valence-electron chi connectivity index (χ4n) is 4.26. The second-order valence-corrected chi connectivity index (χ2v) is 8.17. The van der Waals surface area contributed by atoms with E-state index in [1.54, 1.807) is 0 Å². The third-order valence-corrected chi connectivity index (χ3v) is 5.90. The lowest BCUT2D eigenvalue weighted by Gasteiger charge is -2.29. The third-order valence-electron chi connectivity index (χ3n) is 5.90. The molecule has 1 aliphatic rings. The molecule has 1 aliphatic heterocycles. The molecule has 32 heavy (non-hydrogen) atoms. The van der Waals surface area contributed by atoms with E-state index < -0.39 is 0 Å². The number of hydrogen-bond donors (Lipinski definition) is 1. The number of benzene rings is 2. The van der Waals surface area contributed by atoms with Crippen molar-refractivity contribution in [3.8, 4) is 11.4 Å². The predicted octanol–water partition coefficient (Wildman–Crippen LogP) is 4.36. The first-order chi connectivity index (χ1) is 15.6. The minimum Gasteiger partial charge on any atom is -0.378 e. The fourth-order valence-corrected chi connectivity index (χ4v) is 4.26. The Kier molecular flexibility index (Phi) is 5.49. The summed E-state index contributed by atoms with van der Waals surface area (Å²) >= 11 is 0. The number of aryl methyl sites for hydroxylation is 1. The molecule has 0 spiro atoms. The van der Waals surface area contributed by atoms with E-state index in [1.807, 2.05) is 38.2 Å². The first-order valence-corrected chi connectivity index (χ1v) is 11.1. The number of fused-ring (bicyclic) bond motifs is 3. The Bertz CT molecular complexity index is 1290. The van der Waals surface area contributed by atoms with Gasteiger partial charge in [-0.25, -0.2) is 9.97 Å². The van der Waals surface area contributed by atoms with Crippen molar-refractivity contribution >= 4 is 39.2 Å². The van der Waals surface area contributed by atoms with Crippen molar-refractivity contribution in [3.05, 3.63) is 48.7 Å². The van der Waals surface area contributed by atoms with Crippen molar-refractivity contribution in [2.24, 2.45) is 7.05 Å². The highest BCUT2D eigenvalue weighted by Gasteiger charge is 2.20. The number of ether oxygens (including phenoxy) is 1. The van der Waals surface area contributed by atoms with E-state index in [4.69, 9.17) is 14.7 Å². The zero-order valence-corrected chi connectivity index (χ0v) is 18.5. The van der Waals surface area contributed by atoms with E-state index in [1.165, 1.54) is 0 Å². The van der Waals surface area contributed by atoms with Crippen molar-refractivity contribution in [1.82, 2.24) is 14.5 Å². The average Bonchev–Trinajstić information content (AvgIpc) is 3.20. The molecule has 1 saturated heterocycles. The van der Waals surface area contributed by atoms with Gasteiger partial charge in [0.15, 0.2) is 5.82 Å². The van der Waals surface area contributed by atoms with Crippen molar-refractivity contribution in [2.45, 2.75) is 19.8 Å². The number of aromatic nitrogens is 3. The quantitative estimate of drug-likeness (QED) is 0.510. The summed E-state index contributed by atoms with van der Waals surface area (Å²) in [5.41, 5.74) is 3.71. The number of rotatable bonds is 5. The van der Waals surface area contributed by atoms with Crippen LogP contribution in [0.1, 0.15) is 19.8 Å². The van der Waals surface area contributed by atoms with Crippen LogP contribution in [0.3, 0.4) is 0 Å². The monoisotopic (exact) mass is 429 g/mol. The summed E-state index contributed by atoms with van der Waals surface area (Å²) in [5, 5.41) is 5.13. The standard InChI is InChI=1S/C25H27N5O2/c1-3-5-22(31)26-18-7-4-6-17(16-18)24-27-23-19-10-11-29(2)21(19)9-8-20(23)25(28-24)30-12-14-32-15-13-30/h4,6-11,16H,3,5,12-15H2,1-2H3,(H,26,31). The molecule has 0 unspecified atom stereocenters. The molecule has 7 heteroatoms. The van der Waals surface area contributed by atoms with Gasteiger partial charge >= 0.3 is 0 Å². The fraction of sp³-hybridized carbons (Fsp3) is 0.320. The SMILES string of the molecule is CCCC(=O)Nc1cccc(-c2nc(N3CCOCC3)c3ccc4c(ccn4C)c3n2)c1. The van der Waals surface area contributed by atoms with Crippen molar-refractivity contribution in [2.75, 3.05) is 36.5 Å². The van der Waals surface area contributed by atoms with Crippen LogP contribution in [0.4, 0.5) is 11.5 Å². The summed E-state index contributed by atoms with van der Waals surface area (Å²) < 4.78 is 7.67. The van der Waals surface area contributed by atoms with Gasteiger partial charge in [0, 0.05) is 60.3 Å². The van der Waals surface area contributed by atoms with Crippen LogP contribution in [0, 0.1) is 0 Å². The minimum atomic E-state index is 0.0177. The molecule has 5 rings (SSSR count). The summed E-state index contributed by atoms with van der Waals surface area (Å²) in [6.07, 6.45) is 3.38. The maximum atomic E-state index is 12.1. The van der Waals surface area contributed by atoms with E-state index in [-0.39, 0.29) is 5.91 Å². The molecular weight excluding hydrogens is 402 g/mol. The molecular formula is C25H27N5O2. The second kappa shape index (κ2) is 8.59. The molecule has 3 heterocycles. The zero-order valence-electron chi connectivity index (χ0n) is 18.5. The lowest BCUT2D eigenvalue weighted by atomic mass is 10.1. The molecule has 2 aromatic carbocycles. The second-order valence-electron chi connectivity index (χ2n) is 8.17. The smallest absolute Gasteiger partial charge is 0.224 e. The van der Waals surface area contributed by atoms with Crippen LogP contribution < -0.4 is 10.2 Å².